The van der Waals surface area contributed by atoms with Gasteiger partial charge < -0.3 is 5.32 Å². The highest BCUT2D eigenvalue weighted by Gasteiger charge is 2.40. The summed E-state index contributed by atoms with van der Waals surface area (Å²) in [5.74, 6) is -2.89. The zero-order valence-electron chi connectivity index (χ0n) is 15.5. The number of thiazole rings is 1. The van der Waals surface area contributed by atoms with Gasteiger partial charge >= 0.3 is 0 Å². The minimum Gasteiger partial charge on any atom is -0.347 e. The van der Waals surface area contributed by atoms with E-state index in [-0.39, 0.29) is 33.9 Å². The minimum absolute atomic E-state index is 0.0339. The first-order valence-electron chi connectivity index (χ1n) is 8.50. The van der Waals surface area contributed by atoms with Crippen molar-refractivity contribution < 1.29 is 18.4 Å². The van der Waals surface area contributed by atoms with Gasteiger partial charge in [-0.25, -0.2) is 4.98 Å². The van der Waals surface area contributed by atoms with E-state index in [2.05, 4.69) is 29.1 Å². The van der Waals surface area contributed by atoms with Crippen molar-refractivity contribution in [1.29, 1.82) is 0 Å². The summed E-state index contributed by atoms with van der Waals surface area (Å²) in [6, 6.07) is 1.96. The van der Waals surface area contributed by atoms with E-state index in [1.165, 1.54) is 6.92 Å². The fourth-order valence-corrected chi connectivity index (χ4v) is 4.03. The first-order valence-corrected chi connectivity index (χ1v) is 9.32. The molecule has 1 saturated carbocycles. The third kappa shape index (κ3) is 3.83. The molecule has 9 heteroatoms. The van der Waals surface area contributed by atoms with E-state index in [9.17, 15) is 18.4 Å². The van der Waals surface area contributed by atoms with Gasteiger partial charge in [0.1, 0.15) is 5.69 Å². The first-order chi connectivity index (χ1) is 12.6. The number of anilines is 2. The van der Waals surface area contributed by atoms with Crippen LogP contribution < -0.4 is 10.2 Å². The van der Waals surface area contributed by atoms with Gasteiger partial charge in [0.2, 0.25) is 17.8 Å². The number of carbonyl (C=O) groups excluding carboxylic acids is 2. The van der Waals surface area contributed by atoms with Crippen LogP contribution >= 0.6 is 11.3 Å². The molecule has 0 aromatic carbocycles. The molecule has 1 atom stereocenters. The fourth-order valence-electron chi connectivity index (χ4n) is 3.06. The molecule has 1 unspecified atom stereocenters. The monoisotopic (exact) mass is 394 g/mol. The topological polar surface area (TPSA) is 75.2 Å². The molecule has 0 spiro atoms. The Morgan fingerprint density at radius 3 is 2.37 bits per heavy atom. The largest absolute Gasteiger partial charge is 0.347 e. The lowest BCUT2D eigenvalue weighted by atomic mass is 9.67. The number of hydrogen-bond donors (Lipinski definition) is 1. The molecule has 144 valence electrons. The van der Waals surface area contributed by atoms with E-state index in [1.807, 2.05) is 0 Å². The van der Waals surface area contributed by atoms with Gasteiger partial charge in [-0.15, -0.1) is 11.3 Å². The molecule has 2 amide bonds. The minimum atomic E-state index is -1.05. The Labute approximate surface area is 159 Å². The fraction of sp³-hybridized carbons (Fsp3) is 0.444. The van der Waals surface area contributed by atoms with Crippen LogP contribution in [0.25, 0.3) is 0 Å². The van der Waals surface area contributed by atoms with Crippen LogP contribution in [0.15, 0.2) is 12.1 Å². The number of rotatable bonds is 4. The van der Waals surface area contributed by atoms with E-state index in [0.29, 0.717) is 4.88 Å². The zero-order chi connectivity index (χ0) is 19.9. The standard InChI is InChI=1S/C18H20F2N4O2S/c1-9-15(16(26)21-12-5-6-18(12,3)4)23-17(27-9)24(10(2)25)11-7-13(19)22-14(20)8-11/h7-8,12H,5-6H2,1-4H3,(H,21,26). The van der Waals surface area contributed by atoms with Gasteiger partial charge in [0, 0.05) is 30.0 Å². The maximum atomic E-state index is 13.5. The predicted molar refractivity (Wildman–Crippen MR) is 98.1 cm³/mol. The van der Waals surface area contributed by atoms with Crippen LogP contribution in [0.4, 0.5) is 19.6 Å². The van der Waals surface area contributed by atoms with E-state index >= 15 is 0 Å². The number of pyridine rings is 1. The predicted octanol–water partition coefficient (Wildman–Crippen LogP) is 3.73. The maximum absolute atomic E-state index is 13.5. The number of hydrogen-bond acceptors (Lipinski definition) is 5. The summed E-state index contributed by atoms with van der Waals surface area (Å²) >= 11 is 1.11. The van der Waals surface area contributed by atoms with Crippen molar-refractivity contribution in [2.24, 2.45) is 5.41 Å². The first kappa shape index (κ1) is 19.3. The highest BCUT2D eigenvalue weighted by Crippen LogP contribution is 2.40. The molecule has 1 aliphatic carbocycles. The molecule has 0 saturated heterocycles. The van der Waals surface area contributed by atoms with Crippen molar-refractivity contribution in [1.82, 2.24) is 15.3 Å². The molecule has 27 heavy (non-hydrogen) atoms. The van der Waals surface area contributed by atoms with Crippen molar-refractivity contribution in [3.8, 4) is 0 Å². The molecule has 1 fully saturated rings. The molecule has 0 aliphatic heterocycles. The molecule has 1 N–H and O–H groups in total. The Kier molecular flexibility index (Phi) is 4.98. The summed E-state index contributed by atoms with van der Waals surface area (Å²) in [6.07, 6.45) is 1.94. The second kappa shape index (κ2) is 6.95. The summed E-state index contributed by atoms with van der Waals surface area (Å²) in [6.45, 7) is 7.15. The Bertz CT molecular complexity index is 893. The smallest absolute Gasteiger partial charge is 0.271 e. The molecule has 0 radical (unpaired) electrons. The van der Waals surface area contributed by atoms with Crippen LogP contribution in [-0.4, -0.2) is 27.8 Å². The Balaban J connectivity index is 1.91. The highest BCUT2D eigenvalue weighted by atomic mass is 32.1. The van der Waals surface area contributed by atoms with Crippen molar-refractivity contribution in [2.45, 2.75) is 46.6 Å². The Morgan fingerprint density at radius 1 is 1.26 bits per heavy atom. The number of aryl methyl sites for hydroxylation is 1. The van der Waals surface area contributed by atoms with Gasteiger partial charge in [-0.3, -0.25) is 14.5 Å². The second-order valence-electron chi connectivity index (χ2n) is 7.28. The number of nitrogens with one attached hydrogen (secondary N) is 1. The van der Waals surface area contributed by atoms with Crippen LogP contribution in [0.5, 0.6) is 0 Å². The normalized spacial score (nSPS) is 17.9. The maximum Gasteiger partial charge on any atom is 0.271 e. The van der Waals surface area contributed by atoms with Crippen molar-refractivity contribution in [3.63, 3.8) is 0 Å². The van der Waals surface area contributed by atoms with Crippen molar-refractivity contribution >= 4 is 34.0 Å². The van der Waals surface area contributed by atoms with Crippen LogP contribution in [-0.2, 0) is 4.79 Å². The average molecular weight is 394 g/mol. The number of carbonyl (C=O) groups is 2. The van der Waals surface area contributed by atoms with Gasteiger partial charge in [-0.05, 0) is 25.2 Å². The quantitative estimate of drug-likeness (QED) is 0.802. The molecule has 2 aromatic heterocycles. The SMILES string of the molecule is CC(=O)N(c1cc(F)nc(F)c1)c1nc(C(=O)NC2CCC2(C)C)c(C)s1. The molecule has 6 nitrogen and oxygen atoms in total. The third-order valence-corrected chi connectivity index (χ3v) is 5.79. The number of halogens is 2. The van der Waals surface area contributed by atoms with Gasteiger partial charge in [0.15, 0.2) is 5.13 Å². The van der Waals surface area contributed by atoms with Crippen LogP contribution in [0.1, 0.15) is 49.0 Å². The summed E-state index contributed by atoms with van der Waals surface area (Å²) in [7, 11) is 0. The van der Waals surface area contributed by atoms with Crippen molar-refractivity contribution in [2.75, 3.05) is 4.90 Å². The van der Waals surface area contributed by atoms with Gasteiger partial charge in [-0.2, -0.15) is 13.8 Å². The molecule has 2 aromatic rings. The van der Waals surface area contributed by atoms with Gasteiger partial charge in [0.05, 0.1) is 5.69 Å². The van der Waals surface area contributed by atoms with Gasteiger partial charge in [-0.1, -0.05) is 13.8 Å². The highest BCUT2D eigenvalue weighted by molar-refractivity contribution is 7.16. The number of nitrogens with zero attached hydrogens (tertiary/aromatic N) is 3. The zero-order valence-corrected chi connectivity index (χ0v) is 16.3. The molecular formula is C18H20F2N4O2S. The van der Waals surface area contributed by atoms with E-state index in [1.54, 1.807) is 6.92 Å². The number of amides is 2. The molecule has 0 bridgehead atoms. The summed E-state index contributed by atoms with van der Waals surface area (Å²) in [5, 5.41) is 3.14. The van der Waals surface area contributed by atoms with E-state index < -0.39 is 17.8 Å². The Hall–Kier alpha value is -2.42. The summed E-state index contributed by atoms with van der Waals surface area (Å²) in [5.41, 5.74) is 0.215. The van der Waals surface area contributed by atoms with Crippen LogP contribution in [0, 0.1) is 24.2 Å². The molecular weight excluding hydrogens is 374 g/mol. The second-order valence-corrected chi connectivity index (χ2v) is 8.46. The Morgan fingerprint density at radius 2 is 1.89 bits per heavy atom. The number of aromatic nitrogens is 2. The molecule has 3 rings (SSSR count). The molecule has 1 aliphatic rings. The third-order valence-electron chi connectivity index (χ3n) is 4.84. The van der Waals surface area contributed by atoms with Crippen LogP contribution in [0.3, 0.4) is 0 Å². The van der Waals surface area contributed by atoms with E-state index in [4.69, 9.17) is 0 Å². The lowest BCUT2D eigenvalue weighted by Gasteiger charge is -2.44. The molecule has 2 heterocycles. The summed E-state index contributed by atoms with van der Waals surface area (Å²) < 4.78 is 26.9. The average Bonchev–Trinajstić information content (AvgIpc) is 2.91. The van der Waals surface area contributed by atoms with Crippen LogP contribution in [0.2, 0.25) is 0 Å². The van der Waals surface area contributed by atoms with Gasteiger partial charge in [0.25, 0.3) is 5.91 Å². The lowest BCUT2D eigenvalue weighted by Crippen LogP contribution is -2.52. The van der Waals surface area contributed by atoms with E-state index in [0.717, 1.165) is 41.2 Å². The summed E-state index contributed by atoms with van der Waals surface area (Å²) in [4.78, 5) is 33.7. The lowest BCUT2D eigenvalue weighted by molar-refractivity contribution is -0.115. The van der Waals surface area contributed by atoms with Crippen molar-refractivity contribution in [3.05, 3.63) is 34.6 Å².